The van der Waals surface area contributed by atoms with Crippen LogP contribution in [-0.2, 0) is 122 Å². The highest BCUT2D eigenvalue weighted by molar-refractivity contribution is 6.28. The van der Waals surface area contributed by atoms with E-state index in [-0.39, 0.29) is 103 Å². The predicted octanol–water partition coefficient (Wildman–Crippen LogP) is 5.46. The van der Waals surface area contributed by atoms with Crippen LogP contribution in [0.3, 0.4) is 0 Å². The van der Waals surface area contributed by atoms with Gasteiger partial charge in [-0.05, 0) is 153 Å². The molecule has 3 aromatic carbocycles. The Morgan fingerprint density at radius 1 is 0.554 bits per heavy atom. The van der Waals surface area contributed by atoms with Gasteiger partial charge in [0.1, 0.15) is 31.3 Å². The van der Waals surface area contributed by atoms with Gasteiger partial charge in [0.15, 0.2) is 11.2 Å². The average Bonchev–Trinajstić information content (AvgIpc) is 1.62. The predicted molar refractivity (Wildman–Crippen MR) is 374 cm³/mol. The first-order valence-corrected chi connectivity index (χ1v) is 33.9. The van der Waals surface area contributed by atoms with E-state index in [1.165, 1.54) is 12.2 Å². The smallest absolute Gasteiger partial charge is 0.343 e. The molecule has 6 atom stereocenters. The summed E-state index contributed by atoms with van der Waals surface area (Å²) < 4.78 is 13.7. The van der Waals surface area contributed by atoms with Crippen molar-refractivity contribution < 1.29 is 62.8 Å². The van der Waals surface area contributed by atoms with Gasteiger partial charge in [-0.2, -0.15) is 0 Å². The van der Waals surface area contributed by atoms with Gasteiger partial charge in [0.25, 0.3) is 22.9 Å². The number of aryl methyl sites for hydroxylation is 4. The number of hydrogen-bond acceptors (Lipinski definition) is 18. The summed E-state index contributed by atoms with van der Waals surface area (Å²) in [7, 11) is 0. The van der Waals surface area contributed by atoms with Gasteiger partial charge in [-0.3, -0.25) is 43.2 Å². The molecule has 7 aliphatic rings. The molecule has 2 aliphatic carbocycles. The number of cyclic esters (lactones) is 2. The molecule has 0 spiro atoms. The zero-order valence-corrected chi connectivity index (χ0v) is 56.6. The van der Waals surface area contributed by atoms with Gasteiger partial charge >= 0.3 is 11.9 Å². The van der Waals surface area contributed by atoms with Crippen LogP contribution in [0.5, 0.6) is 0 Å². The second-order valence-electron chi connectivity index (χ2n) is 27.4. The largest absolute Gasteiger partial charge is 0.458 e. The van der Waals surface area contributed by atoms with Gasteiger partial charge in [0.05, 0.1) is 76.2 Å². The van der Waals surface area contributed by atoms with Crippen LogP contribution in [0.15, 0.2) is 82.4 Å². The lowest BCUT2D eigenvalue weighted by Gasteiger charge is -2.31. The first-order chi connectivity index (χ1) is 47.6. The number of nitrogens with zero attached hydrogens (tertiary/aromatic N) is 5. The van der Waals surface area contributed by atoms with Crippen LogP contribution in [0.2, 0.25) is 0 Å². The van der Waals surface area contributed by atoms with E-state index < -0.39 is 76.8 Å². The van der Waals surface area contributed by atoms with E-state index in [2.05, 4.69) is 26.6 Å². The van der Waals surface area contributed by atoms with Crippen molar-refractivity contribution >= 4 is 92.2 Å². The van der Waals surface area contributed by atoms with Crippen molar-refractivity contribution in [2.24, 2.45) is 17.6 Å². The number of amides is 7. The van der Waals surface area contributed by atoms with E-state index in [1.807, 2.05) is 32.0 Å². The lowest BCUT2D eigenvalue weighted by molar-refractivity contribution is -0.172. The summed E-state index contributed by atoms with van der Waals surface area (Å²) >= 11 is 0. The summed E-state index contributed by atoms with van der Waals surface area (Å²) in [5.41, 5.74) is 14.4. The lowest BCUT2D eigenvalue weighted by atomic mass is 9.85. The first-order valence-electron chi connectivity index (χ1n) is 33.9. The topological polar surface area (TPSA) is 372 Å². The first kappa shape index (κ1) is 70.3. The van der Waals surface area contributed by atoms with Crippen LogP contribution < -0.4 is 48.3 Å². The zero-order valence-electron chi connectivity index (χ0n) is 56.6. The minimum atomic E-state index is -1.92. The Balaban J connectivity index is 0.000000199. The van der Waals surface area contributed by atoms with Crippen LogP contribution in [0.25, 0.3) is 44.6 Å². The maximum absolute atomic E-state index is 13.8. The number of pyridine rings is 4. The highest BCUT2D eigenvalue weighted by atomic mass is 16.6. The molecule has 0 saturated heterocycles. The van der Waals surface area contributed by atoms with Crippen molar-refractivity contribution in [3.63, 3.8) is 0 Å². The SMILES string of the molecule is C.CC[C@@]1(O)C(=O)OCc2c1cc1n(c2=O)Cc2c-1nc1ccc(NC(=O)[C@H](C)NC(=O)[C@@H](N)C(C)C)c3c1c2CCC3.CC[C@@]1(O)C(=O)OCc2c1cc1n(c2=O)Cc2c-1nc1ccc(NC(=O)[C@H](C)NC(=O)[C@@H](NC(=O)Cc3ccc(N4C(=O)C=CC4=O)cc3)C(C)C)c3c1c2CCC3. The molecule has 526 valence electrons. The van der Waals surface area contributed by atoms with Crippen molar-refractivity contribution in [3.05, 3.63) is 155 Å². The molecular formula is C75H81N11O15. The van der Waals surface area contributed by atoms with Crippen molar-refractivity contribution in [3.8, 4) is 22.8 Å². The molecule has 0 saturated carbocycles. The number of esters is 2. The summed E-state index contributed by atoms with van der Waals surface area (Å²) in [4.78, 5) is 153. The number of imide groups is 1. The van der Waals surface area contributed by atoms with Crippen molar-refractivity contribution in [2.45, 2.75) is 182 Å². The molecular weight excluding hydrogens is 1290 g/mol. The number of carbonyl (C=O) groups excluding carboxylic acids is 9. The quantitative estimate of drug-likeness (QED) is 0.0440. The number of anilines is 3. The molecule has 4 aromatic heterocycles. The Labute approximate surface area is 580 Å². The number of carbonyl (C=O) groups is 9. The Bertz CT molecular complexity index is 4900. The van der Waals surface area contributed by atoms with E-state index in [0.717, 1.165) is 86.7 Å². The third kappa shape index (κ3) is 12.0. The van der Waals surface area contributed by atoms with Crippen LogP contribution in [0.1, 0.15) is 150 Å². The Hall–Kier alpha value is -10.6. The van der Waals surface area contributed by atoms with E-state index in [9.17, 15) is 63.0 Å². The molecule has 7 amide bonds. The molecule has 9 N–H and O–H groups in total. The van der Waals surface area contributed by atoms with Gasteiger partial charge in [-0.25, -0.2) is 24.5 Å². The highest BCUT2D eigenvalue weighted by Gasteiger charge is 2.48. The van der Waals surface area contributed by atoms with E-state index >= 15 is 0 Å². The van der Waals surface area contributed by atoms with Gasteiger partial charge in [-0.1, -0.05) is 61.1 Å². The number of rotatable bonds is 16. The standard InChI is InChI=1S/C43H42N6O9.C31H35N5O6.CH4/c1-5-43(57)29-18-32-38-27(19-48(32)41(55)28(29)20-58-42(43)56)25-7-6-8-26-30(13-14-31(45-38)36(25)26)46-39(53)22(4)44-40(54)37(21(2)3)47-33(50)17-23-9-11-24(12-10-23)49-34(51)15-16-35(49)52;1-5-31(41)20-11-23-26-18(12-36(23)29(39)19(20)13-42-30(31)40)16-7-6-8-17-21(9-10-22(34-26)24(16)17)35-27(37)15(4)33-28(38)25(32)14(2)3;/h9-16,18,21-22,37,57H,5-8,17,19-20H2,1-4H3,(H,44,54)(H,46,53)(H,47,50);9-11,14-15,25,41H,5-8,12-13,32H2,1-4H3,(H,33,38)(H,35,37);1H4/t22-,37-,43-;15-,25-,31-;/m00./s1. The summed E-state index contributed by atoms with van der Waals surface area (Å²) in [6.45, 7) is 14.0. The Morgan fingerprint density at radius 2 is 0.990 bits per heavy atom. The zero-order chi connectivity index (χ0) is 71.3. The van der Waals surface area contributed by atoms with Crippen LogP contribution in [-0.4, -0.2) is 107 Å². The van der Waals surface area contributed by atoms with Crippen LogP contribution in [0.4, 0.5) is 17.1 Å². The number of hydrogen-bond donors (Lipinski definition) is 8. The lowest BCUT2D eigenvalue weighted by Crippen LogP contribution is -2.54. The number of fused-ring (bicyclic) bond motifs is 10. The fraction of sp³-hybridized carbons (Fsp3) is 0.400. The minimum absolute atomic E-state index is 0. The van der Waals surface area contributed by atoms with Gasteiger partial charge in [-0.15, -0.1) is 0 Å². The molecule has 26 heteroatoms. The van der Waals surface area contributed by atoms with E-state index in [4.69, 9.17) is 25.2 Å². The molecule has 0 unspecified atom stereocenters. The molecule has 0 radical (unpaired) electrons. The fourth-order valence-electron chi connectivity index (χ4n) is 14.8. The summed E-state index contributed by atoms with van der Waals surface area (Å²) in [6.07, 6.45) is 7.01. The number of benzene rings is 3. The summed E-state index contributed by atoms with van der Waals surface area (Å²) in [5, 5.41) is 38.5. The van der Waals surface area contributed by atoms with Gasteiger partial charge in [0, 0.05) is 56.6 Å². The van der Waals surface area contributed by atoms with Crippen LogP contribution in [0, 0.1) is 11.8 Å². The molecule has 5 aliphatic heterocycles. The number of nitrogens with two attached hydrogens (primary N) is 1. The fourth-order valence-corrected chi connectivity index (χ4v) is 14.8. The number of nitrogens with one attached hydrogen (secondary N) is 5. The molecule has 0 bridgehead atoms. The van der Waals surface area contributed by atoms with Gasteiger partial charge < -0.3 is 61.1 Å². The number of ether oxygens (including phenoxy) is 2. The number of aromatic nitrogens is 4. The van der Waals surface area contributed by atoms with Crippen molar-refractivity contribution in [2.75, 3.05) is 15.5 Å². The Kier molecular flexibility index (Phi) is 18.7. The molecule has 9 heterocycles. The summed E-state index contributed by atoms with van der Waals surface area (Å²) in [5.74, 6) is -4.89. The van der Waals surface area contributed by atoms with Gasteiger partial charge in [0.2, 0.25) is 29.5 Å². The monoisotopic (exact) mass is 1380 g/mol. The third-order valence-corrected chi connectivity index (χ3v) is 20.5. The number of aliphatic hydroxyl groups is 2. The molecule has 101 heavy (non-hydrogen) atoms. The maximum Gasteiger partial charge on any atom is 0.343 e. The van der Waals surface area contributed by atoms with Crippen molar-refractivity contribution in [1.29, 1.82) is 0 Å². The Morgan fingerprint density at radius 3 is 1.42 bits per heavy atom. The normalized spacial score (nSPS) is 19.0. The van der Waals surface area contributed by atoms with E-state index in [1.54, 1.807) is 93.1 Å². The average molecular weight is 1380 g/mol. The molecule has 26 nitrogen and oxygen atoms in total. The molecule has 14 rings (SSSR count). The molecule has 7 aromatic rings. The van der Waals surface area contributed by atoms with Crippen molar-refractivity contribution in [1.82, 2.24) is 35.1 Å². The third-order valence-electron chi connectivity index (χ3n) is 20.5. The minimum Gasteiger partial charge on any atom is -0.458 e. The van der Waals surface area contributed by atoms with E-state index in [0.29, 0.717) is 63.9 Å². The molecule has 0 fully saturated rings. The second-order valence-corrected chi connectivity index (χ2v) is 27.4. The summed E-state index contributed by atoms with van der Waals surface area (Å²) in [6, 6.07) is 13.7. The highest BCUT2D eigenvalue weighted by Crippen LogP contribution is 2.46. The second kappa shape index (κ2) is 26.8. The van der Waals surface area contributed by atoms with Crippen LogP contribution >= 0.6 is 0 Å². The maximum atomic E-state index is 13.8.